The highest BCUT2D eigenvalue weighted by Gasteiger charge is 2.33. The van der Waals surface area contributed by atoms with E-state index < -0.39 is 41.2 Å². The molecule has 0 aliphatic heterocycles. The Morgan fingerprint density at radius 2 is 1.57 bits per heavy atom. The van der Waals surface area contributed by atoms with E-state index in [0.717, 1.165) is 5.56 Å². The number of fused-ring (bicyclic) bond motifs is 1. The highest BCUT2D eigenvalue weighted by molar-refractivity contribution is 5.90. The molecule has 250 valence electrons. The second kappa shape index (κ2) is 15.5. The molecule has 5 aromatic rings. The minimum absolute atomic E-state index is 0.0345. The second-order valence-electron chi connectivity index (χ2n) is 10.9. The van der Waals surface area contributed by atoms with Crippen molar-refractivity contribution in [1.82, 2.24) is 24.4 Å². The molecule has 0 fully saturated rings. The number of carbonyl (C=O) groups is 2. The van der Waals surface area contributed by atoms with E-state index in [1.54, 1.807) is 67.5 Å². The number of nitro groups is 1. The summed E-state index contributed by atoms with van der Waals surface area (Å²) in [5.41, 5.74) is 0.0854. The molecule has 0 saturated carbocycles. The van der Waals surface area contributed by atoms with Gasteiger partial charge in [0.05, 0.1) is 35.2 Å². The van der Waals surface area contributed by atoms with Crippen molar-refractivity contribution in [1.29, 1.82) is 0 Å². The molecule has 0 saturated heterocycles. The van der Waals surface area contributed by atoms with E-state index >= 15 is 0 Å². The van der Waals surface area contributed by atoms with E-state index in [1.165, 1.54) is 53.5 Å². The standard InChI is InChI=1S/C34H31N7O8/c1-39(2)21-36-34-38-30-28(31(43)40(34)18-17-22-13-15-25(16-14-22)41(46)47)37-26(19-35-30)29(49-33(45)24-11-7-4-8-12-24)27(20-42)48-32(44)23-9-5-3-6-10-23/h3-16,19,21,27,29,42H,17-18,20H2,1-2H3/b36-21+/t27-,29+/m1/s1. The number of esters is 2. The number of aryl methyl sites for hydroxylation is 1. The normalized spacial score (nSPS) is 12.4. The SMILES string of the molecule is CN(C)/C=N/c1nc2ncc([C@H](OC(=O)c3ccccc3)[C@@H](CO)OC(=O)c3ccccc3)nc2c(=O)n1CCc1ccc([N+](=O)[O-])cc1. The molecule has 0 amide bonds. The molecule has 0 spiro atoms. The minimum Gasteiger partial charge on any atom is -0.452 e. The van der Waals surface area contributed by atoms with Gasteiger partial charge in [-0.1, -0.05) is 48.5 Å². The summed E-state index contributed by atoms with van der Waals surface area (Å²) in [6, 6.07) is 22.0. The maximum atomic E-state index is 14.0. The molecule has 2 heterocycles. The number of nitrogens with zero attached hydrogens (tertiary/aromatic N) is 7. The minimum atomic E-state index is -1.48. The third kappa shape index (κ3) is 8.33. The van der Waals surface area contributed by atoms with Crippen LogP contribution in [0, 0.1) is 10.1 Å². The fourth-order valence-corrected chi connectivity index (χ4v) is 4.68. The fraction of sp³-hybridized carbons (Fsp3) is 0.206. The number of aliphatic imine (C=N–C) groups is 1. The van der Waals surface area contributed by atoms with Crippen LogP contribution in [0.3, 0.4) is 0 Å². The van der Waals surface area contributed by atoms with E-state index in [2.05, 4.69) is 19.9 Å². The number of hydrogen-bond donors (Lipinski definition) is 1. The van der Waals surface area contributed by atoms with Crippen molar-refractivity contribution in [3.8, 4) is 0 Å². The molecule has 15 heteroatoms. The first kappa shape index (κ1) is 34.0. The summed E-state index contributed by atoms with van der Waals surface area (Å²) >= 11 is 0. The Morgan fingerprint density at radius 1 is 0.959 bits per heavy atom. The molecule has 5 rings (SSSR count). The Labute approximate surface area is 279 Å². The molecule has 0 radical (unpaired) electrons. The van der Waals surface area contributed by atoms with Gasteiger partial charge in [-0.15, -0.1) is 0 Å². The van der Waals surface area contributed by atoms with Gasteiger partial charge in [-0.3, -0.25) is 19.5 Å². The summed E-state index contributed by atoms with van der Waals surface area (Å²) in [6.45, 7) is -0.688. The van der Waals surface area contributed by atoms with Gasteiger partial charge in [0.15, 0.2) is 23.4 Å². The molecule has 0 aliphatic carbocycles. The number of rotatable bonds is 13. The summed E-state index contributed by atoms with van der Waals surface area (Å²) in [7, 11) is 3.49. The predicted molar refractivity (Wildman–Crippen MR) is 178 cm³/mol. The summed E-state index contributed by atoms with van der Waals surface area (Å²) in [5.74, 6) is -1.55. The van der Waals surface area contributed by atoms with Gasteiger partial charge in [-0.25, -0.2) is 24.5 Å². The number of nitro benzene ring substituents is 1. The van der Waals surface area contributed by atoms with Crippen molar-refractivity contribution in [2.24, 2.45) is 4.99 Å². The van der Waals surface area contributed by atoms with Crippen LogP contribution < -0.4 is 5.56 Å². The number of carbonyl (C=O) groups excluding carboxylic acids is 2. The van der Waals surface area contributed by atoms with Crippen molar-refractivity contribution in [2.75, 3.05) is 20.7 Å². The Hall–Kier alpha value is -6.35. The van der Waals surface area contributed by atoms with Crippen molar-refractivity contribution in [2.45, 2.75) is 25.2 Å². The van der Waals surface area contributed by atoms with Crippen molar-refractivity contribution in [3.05, 3.63) is 134 Å². The maximum absolute atomic E-state index is 14.0. The monoisotopic (exact) mass is 665 g/mol. The van der Waals surface area contributed by atoms with Crippen LogP contribution >= 0.6 is 0 Å². The molecule has 0 unspecified atom stereocenters. The Morgan fingerprint density at radius 3 is 2.14 bits per heavy atom. The first-order valence-corrected chi connectivity index (χ1v) is 15.0. The van der Waals surface area contributed by atoms with Crippen LogP contribution in [0.2, 0.25) is 0 Å². The van der Waals surface area contributed by atoms with Crippen LogP contribution in [0.4, 0.5) is 11.6 Å². The number of aliphatic hydroxyl groups is 1. The predicted octanol–water partition coefficient (Wildman–Crippen LogP) is 3.67. The number of ether oxygens (including phenoxy) is 2. The topological polar surface area (TPSA) is 192 Å². The van der Waals surface area contributed by atoms with E-state index in [4.69, 9.17) is 9.47 Å². The highest BCUT2D eigenvalue weighted by Crippen LogP contribution is 2.26. The lowest BCUT2D eigenvalue weighted by Gasteiger charge is -2.25. The Bertz CT molecular complexity index is 2040. The molecule has 15 nitrogen and oxygen atoms in total. The molecule has 2 atom stereocenters. The molecule has 1 N–H and O–H groups in total. The van der Waals surface area contributed by atoms with E-state index in [-0.39, 0.29) is 46.2 Å². The second-order valence-corrected chi connectivity index (χ2v) is 10.9. The average Bonchev–Trinajstić information content (AvgIpc) is 3.12. The van der Waals surface area contributed by atoms with Crippen molar-refractivity contribution in [3.63, 3.8) is 0 Å². The van der Waals surface area contributed by atoms with Gasteiger partial charge in [0, 0.05) is 32.8 Å². The lowest BCUT2D eigenvalue weighted by Crippen LogP contribution is -2.33. The quantitative estimate of drug-likeness (QED) is 0.0632. The molecule has 0 aliphatic rings. The smallest absolute Gasteiger partial charge is 0.338 e. The van der Waals surface area contributed by atoms with E-state index in [1.807, 2.05) is 0 Å². The van der Waals surface area contributed by atoms with Crippen LogP contribution in [-0.4, -0.2) is 79.5 Å². The number of hydrogen-bond acceptors (Lipinski definition) is 12. The highest BCUT2D eigenvalue weighted by atomic mass is 16.6. The van der Waals surface area contributed by atoms with Gasteiger partial charge >= 0.3 is 11.9 Å². The van der Waals surface area contributed by atoms with Gasteiger partial charge in [0.25, 0.3) is 11.2 Å². The zero-order valence-corrected chi connectivity index (χ0v) is 26.4. The summed E-state index contributed by atoms with van der Waals surface area (Å²) in [5, 5.41) is 21.4. The van der Waals surface area contributed by atoms with Gasteiger partial charge < -0.3 is 19.5 Å². The van der Waals surface area contributed by atoms with Crippen LogP contribution in [0.15, 0.2) is 101 Å². The van der Waals surface area contributed by atoms with Crippen LogP contribution in [-0.2, 0) is 22.4 Å². The van der Waals surface area contributed by atoms with Crippen LogP contribution in [0.5, 0.6) is 0 Å². The van der Waals surface area contributed by atoms with Crippen LogP contribution in [0.25, 0.3) is 11.2 Å². The lowest BCUT2D eigenvalue weighted by atomic mass is 10.1. The van der Waals surface area contributed by atoms with E-state index in [9.17, 15) is 29.6 Å². The van der Waals surface area contributed by atoms with Gasteiger partial charge in [0.1, 0.15) is 5.69 Å². The average molecular weight is 666 g/mol. The molecule has 0 bridgehead atoms. The van der Waals surface area contributed by atoms with E-state index in [0.29, 0.717) is 6.42 Å². The summed E-state index contributed by atoms with van der Waals surface area (Å²) < 4.78 is 12.6. The largest absolute Gasteiger partial charge is 0.452 e. The van der Waals surface area contributed by atoms with Gasteiger partial charge in [-0.2, -0.15) is 4.98 Å². The maximum Gasteiger partial charge on any atom is 0.338 e. The zero-order chi connectivity index (χ0) is 34.9. The number of benzene rings is 3. The van der Waals surface area contributed by atoms with Crippen molar-refractivity contribution >= 4 is 41.1 Å². The number of aliphatic hydroxyl groups excluding tert-OH is 1. The van der Waals surface area contributed by atoms with Gasteiger partial charge in [-0.05, 0) is 36.2 Å². The molecule has 49 heavy (non-hydrogen) atoms. The van der Waals surface area contributed by atoms with Gasteiger partial charge in [0.2, 0.25) is 5.95 Å². The summed E-state index contributed by atoms with van der Waals surface area (Å²) in [4.78, 5) is 70.0. The summed E-state index contributed by atoms with van der Waals surface area (Å²) in [6.07, 6.45) is 0.0542. The Kier molecular flexibility index (Phi) is 10.7. The number of aromatic nitrogens is 4. The molecular weight excluding hydrogens is 634 g/mol. The first-order valence-electron chi connectivity index (χ1n) is 15.0. The fourth-order valence-electron chi connectivity index (χ4n) is 4.68. The molecular formula is C34H31N7O8. The third-order valence-corrected chi connectivity index (χ3v) is 7.16. The number of non-ortho nitro benzene ring substituents is 1. The zero-order valence-electron chi connectivity index (χ0n) is 26.4. The molecule has 2 aromatic heterocycles. The van der Waals surface area contributed by atoms with Crippen molar-refractivity contribution < 1.29 is 29.1 Å². The lowest BCUT2D eigenvalue weighted by molar-refractivity contribution is -0.384. The van der Waals surface area contributed by atoms with Crippen LogP contribution in [0.1, 0.15) is 38.1 Å². The first-order chi connectivity index (χ1) is 23.6. The Balaban J connectivity index is 1.55. The third-order valence-electron chi connectivity index (χ3n) is 7.16. The molecule has 3 aromatic carbocycles.